The number of aromatic nitrogens is 2. The molecule has 0 radical (unpaired) electrons. The number of hydrogen-bond donors (Lipinski definition) is 1. The van der Waals surface area contributed by atoms with Crippen molar-refractivity contribution in [3.63, 3.8) is 0 Å². The van der Waals surface area contributed by atoms with E-state index in [0.29, 0.717) is 5.02 Å². The van der Waals surface area contributed by atoms with Gasteiger partial charge in [0.05, 0.1) is 17.3 Å². The number of rotatable bonds is 2. The molecule has 0 unspecified atom stereocenters. The lowest BCUT2D eigenvalue weighted by molar-refractivity contribution is 0.281. The van der Waals surface area contributed by atoms with Crippen LogP contribution >= 0.6 is 11.6 Å². The monoisotopic (exact) mass is 222 g/mol. The Morgan fingerprint density at radius 3 is 2.87 bits per heavy atom. The summed E-state index contributed by atoms with van der Waals surface area (Å²) in [6.45, 7) is 1.86. The maximum absolute atomic E-state index is 9.24. The number of nitrogens with zero attached hydrogens (tertiary/aromatic N) is 2. The summed E-state index contributed by atoms with van der Waals surface area (Å²) >= 11 is 6.11. The zero-order valence-electron chi connectivity index (χ0n) is 8.31. The van der Waals surface area contributed by atoms with Crippen molar-refractivity contribution < 1.29 is 5.11 Å². The summed E-state index contributed by atoms with van der Waals surface area (Å²) in [4.78, 5) is 4.13. The molecule has 1 aromatic carbocycles. The molecule has 1 aromatic heterocycles. The fourth-order valence-corrected chi connectivity index (χ4v) is 1.86. The van der Waals surface area contributed by atoms with Crippen LogP contribution < -0.4 is 0 Å². The van der Waals surface area contributed by atoms with Crippen LogP contribution in [0.2, 0.25) is 5.02 Å². The fraction of sp³-hybridized carbons (Fsp3) is 0.182. The smallest absolute Gasteiger partial charge is 0.110 e. The van der Waals surface area contributed by atoms with Gasteiger partial charge in [0.25, 0.3) is 0 Å². The van der Waals surface area contributed by atoms with Crippen LogP contribution in [-0.2, 0) is 6.61 Å². The Hall–Kier alpha value is -1.32. The van der Waals surface area contributed by atoms with E-state index in [4.69, 9.17) is 11.6 Å². The van der Waals surface area contributed by atoms with Gasteiger partial charge >= 0.3 is 0 Å². The standard InChI is InChI=1S/C11H11ClN2O/c1-8-13-5-6-14(8)11-9(7-15)3-2-4-10(11)12/h2-6,15H,7H2,1H3. The molecule has 0 aliphatic heterocycles. The Morgan fingerprint density at radius 2 is 2.27 bits per heavy atom. The first-order valence-corrected chi connectivity index (χ1v) is 5.00. The van der Waals surface area contributed by atoms with E-state index in [1.165, 1.54) is 0 Å². The van der Waals surface area contributed by atoms with Crippen LogP contribution in [0.4, 0.5) is 0 Å². The largest absolute Gasteiger partial charge is 0.392 e. The van der Waals surface area contributed by atoms with Gasteiger partial charge in [-0.2, -0.15) is 0 Å². The molecule has 1 heterocycles. The number of aryl methyl sites for hydroxylation is 1. The Labute approximate surface area is 93.0 Å². The van der Waals surface area contributed by atoms with Gasteiger partial charge in [0.2, 0.25) is 0 Å². The van der Waals surface area contributed by atoms with Gasteiger partial charge < -0.3 is 9.67 Å². The highest BCUT2D eigenvalue weighted by Gasteiger charge is 2.09. The van der Waals surface area contributed by atoms with Crippen molar-refractivity contribution in [2.45, 2.75) is 13.5 Å². The normalized spacial score (nSPS) is 10.6. The molecule has 0 spiro atoms. The summed E-state index contributed by atoms with van der Waals surface area (Å²) in [5.41, 5.74) is 1.60. The molecule has 1 N–H and O–H groups in total. The second-order valence-corrected chi connectivity index (χ2v) is 3.66. The van der Waals surface area contributed by atoms with Crippen LogP contribution in [0.3, 0.4) is 0 Å². The third-order valence-corrected chi connectivity index (χ3v) is 2.61. The molecular formula is C11H11ClN2O. The molecule has 4 heteroatoms. The van der Waals surface area contributed by atoms with Crippen LogP contribution in [0, 0.1) is 6.92 Å². The molecule has 0 atom stereocenters. The van der Waals surface area contributed by atoms with Crippen molar-refractivity contribution in [2.24, 2.45) is 0 Å². The van der Waals surface area contributed by atoms with E-state index in [-0.39, 0.29) is 6.61 Å². The van der Waals surface area contributed by atoms with Crippen molar-refractivity contribution in [3.8, 4) is 5.69 Å². The van der Waals surface area contributed by atoms with E-state index in [2.05, 4.69) is 4.98 Å². The third kappa shape index (κ3) is 1.76. The number of aliphatic hydroxyl groups excluding tert-OH is 1. The van der Waals surface area contributed by atoms with Gasteiger partial charge in [0.1, 0.15) is 5.82 Å². The Balaban J connectivity index is 2.66. The van der Waals surface area contributed by atoms with E-state index in [1.807, 2.05) is 29.8 Å². The van der Waals surface area contributed by atoms with Crippen LogP contribution in [0.25, 0.3) is 5.69 Å². The first-order chi connectivity index (χ1) is 7.24. The second kappa shape index (κ2) is 4.04. The average molecular weight is 223 g/mol. The molecule has 0 aliphatic carbocycles. The van der Waals surface area contributed by atoms with Gasteiger partial charge in [-0.25, -0.2) is 4.98 Å². The molecule has 3 nitrogen and oxygen atoms in total. The van der Waals surface area contributed by atoms with Crippen LogP contribution in [-0.4, -0.2) is 14.7 Å². The molecule has 0 aliphatic rings. The van der Waals surface area contributed by atoms with Gasteiger partial charge in [-0.3, -0.25) is 0 Å². The number of aliphatic hydroxyl groups is 1. The highest BCUT2D eigenvalue weighted by Crippen LogP contribution is 2.25. The Bertz CT molecular complexity index is 479. The van der Waals surface area contributed by atoms with Gasteiger partial charge in [-0.1, -0.05) is 23.7 Å². The summed E-state index contributed by atoms with van der Waals surface area (Å²) in [5.74, 6) is 0.845. The Morgan fingerprint density at radius 1 is 1.47 bits per heavy atom. The molecule has 0 fully saturated rings. The molecule has 0 saturated heterocycles. The van der Waals surface area contributed by atoms with E-state index in [1.54, 1.807) is 12.3 Å². The zero-order chi connectivity index (χ0) is 10.8. The molecule has 78 valence electrons. The van der Waals surface area contributed by atoms with Crippen molar-refractivity contribution in [2.75, 3.05) is 0 Å². The first-order valence-electron chi connectivity index (χ1n) is 4.62. The lowest BCUT2D eigenvalue weighted by atomic mass is 10.2. The number of hydrogen-bond acceptors (Lipinski definition) is 2. The third-order valence-electron chi connectivity index (χ3n) is 2.31. The summed E-state index contributed by atoms with van der Waals surface area (Å²) in [5, 5.41) is 9.85. The zero-order valence-corrected chi connectivity index (χ0v) is 9.07. The molecule has 2 rings (SSSR count). The second-order valence-electron chi connectivity index (χ2n) is 3.25. The quantitative estimate of drug-likeness (QED) is 0.847. The van der Waals surface area contributed by atoms with Crippen molar-refractivity contribution in [1.82, 2.24) is 9.55 Å². The minimum atomic E-state index is -0.0342. The fourth-order valence-electron chi connectivity index (χ4n) is 1.57. The van der Waals surface area contributed by atoms with Crippen molar-refractivity contribution in [1.29, 1.82) is 0 Å². The average Bonchev–Trinajstić information content (AvgIpc) is 2.64. The first kappa shape index (κ1) is 10.2. The van der Waals surface area contributed by atoms with Gasteiger partial charge in [0.15, 0.2) is 0 Å². The van der Waals surface area contributed by atoms with Crippen LogP contribution in [0.15, 0.2) is 30.6 Å². The topological polar surface area (TPSA) is 38.0 Å². The molecule has 0 amide bonds. The minimum absolute atomic E-state index is 0.0342. The predicted octanol–water partition coefficient (Wildman–Crippen LogP) is 2.33. The summed E-state index contributed by atoms with van der Waals surface area (Å²) in [7, 11) is 0. The molecular weight excluding hydrogens is 212 g/mol. The van der Waals surface area contributed by atoms with Crippen molar-refractivity contribution >= 4 is 11.6 Å². The molecule has 2 aromatic rings. The van der Waals surface area contributed by atoms with Gasteiger partial charge in [0, 0.05) is 18.0 Å². The number of benzene rings is 1. The maximum atomic E-state index is 9.24. The highest BCUT2D eigenvalue weighted by atomic mass is 35.5. The number of para-hydroxylation sites is 1. The van der Waals surface area contributed by atoms with E-state index in [0.717, 1.165) is 17.1 Å². The molecule has 0 saturated carbocycles. The van der Waals surface area contributed by atoms with E-state index in [9.17, 15) is 5.11 Å². The van der Waals surface area contributed by atoms with E-state index < -0.39 is 0 Å². The Kier molecular flexibility index (Phi) is 2.75. The lowest BCUT2D eigenvalue weighted by Crippen LogP contribution is -2.01. The van der Waals surface area contributed by atoms with E-state index >= 15 is 0 Å². The summed E-state index contributed by atoms with van der Waals surface area (Å²) in [6, 6.07) is 5.47. The number of imidazole rings is 1. The SMILES string of the molecule is Cc1nccn1-c1c(Cl)cccc1CO. The predicted molar refractivity (Wildman–Crippen MR) is 59.2 cm³/mol. The maximum Gasteiger partial charge on any atom is 0.110 e. The minimum Gasteiger partial charge on any atom is -0.392 e. The van der Waals surface area contributed by atoms with Gasteiger partial charge in [-0.05, 0) is 13.0 Å². The van der Waals surface area contributed by atoms with Crippen molar-refractivity contribution in [3.05, 3.63) is 47.0 Å². The number of halogens is 1. The van der Waals surface area contributed by atoms with Crippen LogP contribution in [0.5, 0.6) is 0 Å². The summed E-state index contributed by atoms with van der Waals surface area (Å²) in [6.07, 6.45) is 3.54. The highest BCUT2D eigenvalue weighted by molar-refractivity contribution is 6.32. The molecule has 15 heavy (non-hydrogen) atoms. The lowest BCUT2D eigenvalue weighted by Gasteiger charge is -2.11. The van der Waals surface area contributed by atoms with Gasteiger partial charge in [-0.15, -0.1) is 0 Å². The van der Waals surface area contributed by atoms with Crippen LogP contribution in [0.1, 0.15) is 11.4 Å². The summed E-state index contributed by atoms with van der Waals surface area (Å²) < 4.78 is 1.87. The molecule has 0 bridgehead atoms.